The summed E-state index contributed by atoms with van der Waals surface area (Å²) in [5, 5.41) is 8.12. The van der Waals surface area contributed by atoms with E-state index in [1.165, 1.54) is 0 Å². The number of fused-ring (bicyclic) bond motifs is 1. The molecule has 1 saturated heterocycles. The van der Waals surface area contributed by atoms with E-state index >= 15 is 0 Å². The summed E-state index contributed by atoms with van der Waals surface area (Å²) < 4.78 is 31.1. The molecule has 0 saturated carbocycles. The number of esters is 1. The third-order valence-electron chi connectivity index (χ3n) is 6.64. The lowest BCUT2D eigenvalue weighted by Crippen LogP contribution is -2.15. The van der Waals surface area contributed by atoms with Gasteiger partial charge in [0.2, 0.25) is 0 Å². The molecule has 4 aromatic rings. The third kappa shape index (κ3) is 5.04. The van der Waals surface area contributed by atoms with Crippen LogP contribution in [-0.2, 0) is 14.6 Å². The molecule has 9 nitrogen and oxygen atoms in total. The molecule has 0 aliphatic carbocycles. The first kappa shape index (κ1) is 25.6. The number of hydrogen-bond donors (Lipinski definition) is 1. The molecule has 2 aromatic carbocycles. The normalized spacial score (nSPS) is 16.4. The van der Waals surface area contributed by atoms with E-state index in [1.54, 1.807) is 48.9 Å². The topological polar surface area (TPSA) is 120 Å². The molecule has 1 aliphatic rings. The van der Waals surface area contributed by atoms with Crippen LogP contribution in [0, 0.1) is 13.8 Å². The van der Waals surface area contributed by atoms with E-state index in [-0.39, 0.29) is 30.1 Å². The minimum atomic E-state index is -3.15. The molecule has 5 rings (SSSR count). The van der Waals surface area contributed by atoms with Crippen molar-refractivity contribution in [3.63, 3.8) is 0 Å². The van der Waals surface area contributed by atoms with E-state index in [2.05, 4.69) is 10.4 Å². The Labute approximate surface area is 220 Å². The van der Waals surface area contributed by atoms with Crippen LogP contribution < -0.4 is 5.32 Å². The minimum absolute atomic E-state index is 0.00595. The molecule has 1 unspecified atom stereocenters. The highest BCUT2D eigenvalue weighted by molar-refractivity contribution is 7.91. The Balaban J connectivity index is 1.58. The van der Waals surface area contributed by atoms with E-state index in [9.17, 15) is 18.0 Å². The van der Waals surface area contributed by atoms with Gasteiger partial charge < -0.3 is 10.1 Å². The van der Waals surface area contributed by atoms with Gasteiger partial charge in [-0.3, -0.25) is 4.79 Å². The van der Waals surface area contributed by atoms with E-state index in [0.29, 0.717) is 45.7 Å². The van der Waals surface area contributed by atoms with Crippen molar-refractivity contribution in [3.05, 3.63) is 77.0 Å². The summed E-state index contributed by atoms with van der Waals surface area (Å²) in [6, 6.07) is 15.7. The van der Waals surface area contributed by atoms with Gasteiger partial charge in [0.1, 0.15) is 0 Å². The number of aromatic nitrogens is 3. The molecule has 0 spiro atoms. The van der Waals surface area contributed by atoms with Crippen LogP contribution in [0.15, 0.2) is 54.6 Å². The van der Waals surface area contributed by atoms with Gasteiger partial charge in [-0.1, -0.05) is 29.8 Å². The maximum absolute atomic E-state index is 13.6. The SMILES string of the molecule is CCOC(=O)c1ccc(NC(=O)c2cc(-c3ccc(C)cc3)nc3c2c(C)nn3C2CCS(=O)(=O)C2)cc1. The molecular formula is C28H28N4O5S. The lowest BCUT2D eigenvalue weighted by molar-refractivity contribution is 0.0526. The Morgan fingerprint density at radius 2 is 1.79 bits per heavy atom. The second kappa shape index (κ2) is 10.0. The largest absolute Gasteiger partial charge is 0.462 e. The lowest BCUT2D eigenvalue weighted by Gasteiger charge is -2.13. The second-order valence-corrected chi connectivity index (χ2v) is 11.7. The maximum Gasteiger partial charge on any atom is 0.338 e. The number of carbonyl (C=O) groups excluding carboxylic acids is 2. The maximum atomic E-state index is 13.6. The summed E-state index contributed by atoms with van der Waals surface area (Å²) in [7, 11) is -3.15. The van der Waals surface area contributed by atoms with Crippen LogP contribution in [0.4, 0.5) is 5.69 Å². The number of sulfone groups is 1. The fraction of sp³-hybridized carbons (Fsp3) is 0.286. The Hall–Kier alpha value is -4.05. The fourth-order valence-corrected chi connectivity index (χ4v) is 6.38. The van der Waals surface area contributed by atoms with Gasteiger partial charge in [-0.15, -0.1) is 0 Å². The van der Waals surface area contributed by atoms with Crippen molar-refractivity contribution in [2.45, 2.75) is 33.2 Å². The van der Waals surface area contributed by atoms with Crippen molar-refractivity contribution >= 4 is 38.4 Å². The zero-order valence-electron chi connectivity index (χ0n) is 21.4. The van der Waals surface area contributed by atoms with Crippen molar-refractivity contribution in [1.29, 1.82) is 0 Å². The number of amides is 1. The number of carbonyl (C=O) groups is 2. The standard InChI is InChI=1S/C28H28N4O5S/c1-4-37-28(34)20-9-11-21(12-10-20)29-27(33)23-15-24(19-7-5-17(2)6-8-19)30-26-25(23)18(3)31-32(26)22-13-14-38(35,36)16-22/h5-12,15,22H,4,13-14,16H2,1-3H3,(H,29,33). The average Bonchev–Trinajstić information content (AvgIpc) is 3.43. The van der Waals surface area contributed by atoms with Crippen molar-refractivity contribution in [3.8, 4) is 11.3 Å². The molecular weight excluding hydrogens is 504 g/mol. The average molecular weight is 533 g/mol. The number of nitrogens with zero attached hydrogens (tertiary/aromatic N) is 3. The van der Waals surface area contributed by atoms with Crippen LogP contribution in [0.5, 0.6) is 0 Å². The van der Waals surface area contributed by atoms with Gasteiger partial charge in [0.15, 0.2) is 15.5 Å². The number of ether oxygens (including phenoxy) is 1. The highest BCUT2D eigenvalue weighted by atomic mass is 32.2. The van der Waals surface area contributed by atoms with Gasteiger partial charge in [-0.25, -0.2) is 22.9 Å². The molecule has 196 valence electrons. The molecule has 0 bridgehead atoms. The quantitative estimate of drug-likeness (QED) is 0.363. The van der Waals surface area contributed by atoms with Gasteiger partial charge in [-0.2, -0.15) is 5.10 Å². The van der Waals surface area contributed by atoms with E-state index in [4.69, 9.17) is 9.72 Å². The smallest absolute Gasteiger partial charge is 0.338 e. The summed E-state index contributed by atoms with van der Waals surface area (Å²) in [5.74, 6) is -0.698. The Kier molecular flexibility index (Phi) is 6.75. The molecule has 1 aliphatic heterocycles. The van der Waals surface area contributed by atoms with E-state index < -0.39 is 15.8 Å². The zero-order valence-corrected chi connectivity index (χ0v) is 22.2. The summed E-state index contributed by atoms with van der Waals surface area (Å²) in [4.78, 5) is 30.4. The van der Waals surface area contributed by atoms with Crippen LogP contribution in [-0.4, -0.2) is 53.2 Å². The van der Waals surface area contributed by atoms with Crippen molar-refractivity contribution in [2.75, 3.05) is 23.4 Å². The van der Waals surface area contributed by atoms with Crippen LogP contribution >= 0.6 is 0 Å². The Morgan fingerprint density at radius 1 is 1.08 bits per heavy atom. The van der Waals surface area contributed by atoms with Crippen molar-refractivity contribution in [2.24, 2.45) is 0 Å². The predicted molar refractivity (Wildman–Crippen MR) is 145 cm³/mol. The second-order valence-electron chi connectivity index (χ2n) is 9.46. The number of pyridine rings is 1. The van der Waals surface area contributed by atoms with Crippen molar-refractivity contribution < 1.29 is 22.7 Å². The van der Waals surface area contributed by atoms with Gasteiger partial charge in [0, 0.05) is 11.3 Å². The summed E-state index contributed by atoms with van der Waals surface area (Å²) in [5.41, 5.74) is 4.86. The summed E-state index contributed by atoms with van der Waals surface area (Å²) in [6.45, 7) is 5.80. The Bertz CT molecular complexity index is 1640. The van der Waals surface area contributed by atoms with E-state index in [0.717, 1.165) is 11.1 Å². The highest BCUT2D eigenvalue weighted by Crippen LogP contribution is 2.32. The number of benzene rings is 2. The summed E-state index contributed by atoms with van der Waals surface area (Å²) in [6.07, 6.45) is 0.448. The predicted octanol–water partition coefficient (Wildman–Crippen LogP) is 4.50. The van der Waals surface area contributed by atoms with Gasteiger partial charge in [0.05, 0.1) is 52.1 Å². The van der Waals surface area contributed by atoms with Gasteiger partial charge in [0.25, 0.3) is 5.91 Å². The molecule has 1 atom stereocenters. The highest BCUT2D eigenvalue weighted by Gasteiger charge is 2.32. The molecule has 1 N–H and O–H groups in total. The van der Waals surface area contributed by atoms with Gasteiger partial charge >= 0.3 is 5.97 Å². The molecule has 0 radical (unpaired) electrons. The van der Waals surface area contributed by atoms with Crippen LogP contribution in [0.2, 0.25) is 0 Å². The summed E-state index contributed by atoms with van der Waals surface area (Å²) >= 11 is 0. The molecule has 1 amide bonds. The zero-order chi connectivity index (χ0) is 27.0. The minimum Gasteiger partial charge on any atom is -0.462 e. The molecule has 10 heteroatoms. The van der Waals surface area contributed by atoms with Crippen LogP contribution in [0.3, 0.4) is 0 Å². The number of anilines is 1. The Morgan fingerprint density at radius 3 is 2.42 bits per heavy atom. The number of hydrogen-bond acceptors (Lipinski definition) is 7. The molecule has 1 fully saturated rings. The lowest BCUT2D eigenvalue weighted by atomic mass is 10.0. The molecule has 2 aromatic heterocycles. The van der Waals surface area contributed by atoms with Crippen LogP contribution in [0.25, 0.3) is 22.3 Å². The first-order valence-corrected chi connectivity index (χ1v) is 14.2. The monoisotopic (exact) mass is 532 g/mol. The van der Waals surface area contributed by atoms with Crippen molar-refractivity contribution in [1.82, 2.24) is 14.8 Å². The molecule has 38 heavy (non-hydrogen) atoms. The first-order valence-electron chi connectivity index (χ1n) is 12.4. The van der Waals surface area contributed by atoms with E-state index in [1.807, 2.05) is 31.2 Å². The van der Waals surface area contributed by atoms with Crippen LogP contribution in [0.1, 0.15) is 51.4 Å². The first-order chi connectivity index (χ1) is 18.1. The van der Waals surface area contributed by atoms with Gasteiger partial charge in [-0.05, 0) is 57.5 Å². The fourth-order valence-electron chi connectivity index (χ4n) is 4.69. The number of nitrogens with one attached hydrogen (secondary N) is 1. The third-order valence-corrected chi connectivity index (χ3v) is 8.39. The number of aryl methyl sites for hydroxylation is 2. The number of rotatable bonds is 6. The molecule has 3 heterocycles.